The van der Waals surface area contributed by atoms with Crippen LogP contribution in [-0.2, 0) is 6.54 Å². The van der Waals surface area contributed by atoms with Gasteiger partial charge in [0.2, 0.25) is 0 Å². The Morgan fingerprint density at radius 3 is 2.58 bits per heavy atom. The van der Waals surface area contributed by atoms with Gasteiger partial charge in [0.15, 0.2) is 0 Å². The lowest BCUT2D eigenvalue weighted by atomic mass is 10.4. The van der Waals surface area contributed by atoms with Crippen LogP contribution in [0.1, 0.15) is 19.4 Å². The quantitative estimate of drug-likeness (QED) is 0.667. The summed E-state index contributed by atoms with van der Waals surface area (Å²) in [5, 5.41) is 3.87. The van der Waals surface area contributed by atoms with Crippen LogP contribution in [0.2, 0.25) is 0 Å². The number of rotatable bonds is 2. The Labute approximate surface area is 72.7 Å². The molecule has 0 aliphatic carbocycles. The minimum atomic E-state index is -0.372. The molecular weight excluding hydrogens is 155 g/mol. The first kappa shape index (κ1) is 10.9. The van der Waals surface area contributed by atoms with Gasteiger partial charge in [-0.25, -0.2) is 4.39 Å². The highest BCUT2D eigenvalue weighted by molar-refractivity contribution is 5.00. The number of halogens is 1. The maximum absolute atomic E-state index is 12.1. The summed E-state index contributed by atoms with van der Waals surface area (Å²) in [6.07, 6.45) is 3.45. The van der Waals surface area contributed by atoms with E-state index in [9.17, 15) is 4.39 Å². The van der Waals surface area contributed by atoms with Gasteiger partial charge in [-0.15, -0.1) is 0 Å². The molecule has 12 heavy (non-hydrogen) atoms. The third-order valence-electron chi connectivity index (χ3n) is 1.10. The lowest BCUT2D eigenvalue weighted by molar-refractivity contribution is 0.531. The average Bonchev–Trinajstić information content (AvgIpc) is 2.39. The third kappa shape index (κ3) is 3.91. The van der Waals surface area contributed by atoms with Crippen molar-refractivity contribution in [3.8, 4) is 0 Å². The Morgan fingerprint density at radius 1 is 1.67 bits per heavy atom. The second-order valence-electron chi connectivity index (χ2n) is 2.23. The maximum atomic E-state index is 12.1. The van der Waals surface area contributed by atoms with E-state index in [0.29, 0.717) is 0 Å². The molecule has 0 fully saturated rings. The molecule has 1 aromatic heterocycles. The molecule has 1 heterocycles. The van der Waals surface area contributed by atoms with Crippen molar-refractivity contribution < 1.29 is 4.39 Å². The van der Waals surface area contributed by atoms with Gasteiger partial charge in [-0.1, -0.05) is 20.4 Å². The first-order valence-corrected chi connectivity index (χ1v) is 4.01. The molecule has 1 rings (SSSR count). The monoisotopic (exact) mass is 170 g/mol. The lowest BCUT2D eigenvalue weighted by Gasteiger charge is -1.94. The van der Waals surface area contributed by atoms with E-state index in [1.54, 1.807) is 12.4 Å². The van der Waals surface area contributed by atoms with Crippen LogP contribution in [0.15, 0.2) is 24.8 Å². The highest BCUT2D eigenvalue weighted by Gasteiger charge is 1.94. The average molecular weight is 170 g/mol. The van der Waals surface area contributed by atoms with E-state index in [0.717, 1.165) is 5.56 Å². The molecule has 0 aliphatic rings. The van der Waals surface area contributed by atoms with E-state index in [1.807, 2.05) is 20.8 Å². The zero-order chi connectivity index (χ0) is 9.56. The molecule has 0 radical (unpaired) electrons. The molecular formula is C9H15FN2. The molecule has 0 aliphatic heterocycles. The van der Waals surface area contributed by atoms with Gasteiger partial charge in [-0.05, 0) is 12.5 Å². The fourth-order valence-electron chi connectivity index (χ4n) is 0.729. The highest BCUT2D eigenvalue weighted by atomic mass is 19.1. The van der Waals surface area contributed by atoms with Crippen LogP contribution in [0.5, 0.6) is 0 Å². The van der Waals surface area contributed by atoms with Crippen LogP contribution in [-0.4, -0.2) is 9.78 Å². The summed E-state index contributed by atoms with van der Waals surface area (Å²) >= 11 is 0. The van der Waals surface area contributed by atoms with Gasteiger partial charge in [-0.2, -0.15) is 5.10 Å². The fraction of sp³-hybridized carbons (Fsp3) is 0.444. The van der Waals surface area contributed by atoms with E-state index in [4.69, 9.17) is 0 Å². The van der Waals surface area contributed by atoms with Crippen molar-refractivity contribution in [2.45, 2.75) is 27.3 Å². The van der Waals surface area contributed by atoms with Gasteiger partial charge < -0.3 is 0 Å². The second kappa shape index (κ2) is 5.52. The molecule has 0 bridgehead atoms. The Hall–Kier alpha value is -1.12. The van der Waals surface area contributed by atoms with Gasteiger partial charge in [0, 0.05) is 6.20 Å². The zero-order valence-corrected chi connectivity index (χ0v) is 7.84. The first-order valence-electron chi connectivity index (χ1n) is 4.01. The smallest absolute Gasteiger partial charge is 0.114 e. The van der Waals surface area contributed by atoms with Crippen molar-refractivity contribution in [3.63, 3.8) is 0 Å². The Balaban J connectivity index is 0.000000561. The molecule has 3 heteroatoms. The SMILES string of the molecule is C=C(F)Cn1cc(C)cn1.CC. The number of hydrogen-bond acceptors (Lipinski definition) is 1. The zero-order valence-electron chi connectivity index (χ0n) is 7.84. The maximum Gasteiger partial charge on any atom is 0.114 e. The van der Waals surface area contributed by atoms with Crippen LogP contribution in [0, 0.1) is 6.92 Å². The minimum Gasteiger partial charge on any atom is -0.266 e. The number of aryl methyl sites for hydroxylation is 1. The number of nitrogens with zero attached hydrogens (tertiary/aromatic N) is 2. The van der Waals surface area contributed by atoms with Crippen molar-refractivity contribution in [2.24, 2.45) is 0 Å². The summed E-state index contributed by atoms with van der Waals surface area (Å²) in [4.78, 5) is 0. The van der Waals surface area contributed by atoms with Gasteiger partial charge in [0.05, 0.1) is 12.7 Å². The molecule has 0 N–H and O–H groups in total. The van der Waals surface area contributed by atoms with Crippen molar-refractivity contribution in [1.29, 1.82) is 0 Å². The molecule has 0 atom stereocenters. The summed E-state index contributed by atoms with van der Waals surface area (Å²) in [6.45, 7) is 9.20. The van der Waals surface area contributed by atoms with E-state index in [2.05, 4.69) is 11.7 Å². The van der Waals surface area contributed by atoms with Gasteiger partial charge >= 0.3 is 0 Å². The highest BCUT2D eigenvalue weighted by Crippen LogP contribution is 1.99. The van der Waals surface area contributed by atoms with E-state index >= 15 is 0 Å². The molecule has 0 spiro atoms. The summed E-state index contributed by atoms with van der Waals surface area (Å²) in [6, 6.07) is 0. The molecule has 1 aromatic rings. The number of hydrogen-bond donors (Lipinski definition) is 0. The predicted octanol–water partition coefficient (Wildman–Crippen LogP) is 2.70. The molecule has 0 saturated carbocycles. The van der Waals surface area contributed by atoms with Crippen LogP contribution in [0.4, 0.5) is 4.39 Å². The predicted molar refractivity (Wildman–Crippen MR) is 48.6 cm³/mol. The Kier molecular flexibility index (Phi) is 5.00. The Morgan fingerprint density at radius 2 is 2.25 bits per heavy atom. The third-order valence-corrected chi connectivity index (χ3v) is 1.10. The van der Waals surface area contributed by atoms with Crippen molar-refractivity contribution in [1.82, 2.24) is 9.78 Å². The molecule has 0 aromatic carbocycles. The minimum absolute atomic E-state index is 0.161. The second-order valence-corrected chi connectivity index (χ2v) is 2.23. The topological polar surface area (TPSA) is 17.8 Å². The fourth-order valence-corrected chi connectivity index (χ4v) is 0.729. The normalized spacial score (nSPS) is 8.67. The Bertz CT molecular complexity index is 240. The first-order chi connectivity index (χ1) is 5.68. The van der Waals surface area contributed by atoms with Gasteiger partial charge in [0.1, 0.15) is 5.83 Å². The molecule has 68 valence electrons. The summed E-state index contributed by atoms with van der Waals surface area (Å²) in [7, 11) is 0. The van der Waals surface area contributed by atoms with Crippen molar-refractivity contribution in [3.05, 3.63) is 30.4 Å². The number of aromatic nitrogens is 2. The summed E-state index contributed by atoms with van der Waals surface area (Å²) in [5.74, 6) is -0.372. The van der Waals surface area contributed by atoms with Gasteiger partial charge in [0.25, 0.3) is 0 Å². The van der Waals surface area contributed by atoms with E-state index < -0.39 is 0 Å². The molecule has 0 saturated heterocycles. The molecule has 0 unspecified atom stereocenters. The van der Waals surface area contributed by atoms with Crippen LogP contribution < -0.4 is 0 Å². The van der Waals surface area contributed by atoms with E-state index in [-0.39, 0.29) is 12.4 Å². The molecule has 0 amide bonds. The summed E-state index contributed by atoms with van der Waals surface area (Å²) < 4.78 is 13.7. The van der Waals surface area contributed by atoms with Crippen LogP contribution in [0.3, 0.4) is 0 Å². The molecule has 2 nitrogen and oxygen atoms in total. The lowest BCUT2D eigenvalue weighted by Crippen LogP contribution is -1.97. The van der Waals surface area contributed by atoms with E-state index in [1.165, 1.54) is 4.68 Å². The van der Waals surface area contributed by atoms with Crippen LogP contribution in [0.25, 0.3) is 0 Å². The number of allylic oxidation sites excluding steroid dienone is 1. The van der Waals surface area contributed by atoms with Crippen LogP contribution >= 0.6 is 0 Å². The van der Waals surface area contributed by atoms with Crippen molar-refractivity contribution in [2.75, 3.05) is 0 Å². The largest absolute Gasteiger partial charge is 0.266 e. The van der Waals surface area contributed by atoms with Gasteiger partial charge in [-0.3, -0.25) is 4.68 Å². The summed E-state index contributed by atoms with van der Waals surface area (Å²) in [5.41, 5.74) is 1.03. The van der Waals surface area contributed by atoms with Crippen molar-refractivity contribution >= 4 is 0 Å². The standard InChI is InChI=1S/C7H9FN2.C2H6/c1-6-3-9-10(4-6)5-7(2)8;1-2/h3-4H,2,5H2,1H3;1-2H3.